The van der Waals surface area contributed by atoms with E-state index in [0.29, 0.717) is 0 Å². The Morgan fingerprint density at radius 2 is 1.88 bits per heavy atom. The Balaban J connectivity index is 3.55. The van der Waals surface area contributed by atoms with Gasteiger partial charge in [0.05, 0.1) is 0 Å². The molecule has 0 rings (SSSR count). The molecule has 0 atom stereocenters. The van der Waals surface area contributed by atoms with Crippen molar-refractivity contribution in [2.75, 3.05) is 0 Å². The lowest BCUT2D eigenvalue weighted by Gasteiger charge is -2.16. The van der Waals surface area contributed by atoms with Gasteiger partial charge in [-0.3, -0.25) is 0 Å². The fourth-order valence-electron chi connectivity index (χ4n) is 0.262. The molecule has 0 saturated heterocycles. The van der Waals surface area contributed by atoms with Crippen molar-refractivity contribution in [3.63, 3.8) is 0 Å². The van der Waals surface area contributed by atoms with Crippen molar-refractivity contribution < 1.29 is 9.53 Å². The van der Waals surface area contributed by atoms with Gasteiger partial charge in [0.25, 0.3) is 0 Å². The van der Waals surface area contributed by atoms with Gasteiger partial charge in [-0.25, -0.2) is 4.79 Å². The molecule has 0 aliphatic heterocycles. The van der Waals surface area contributed by atoms with Crippen molar-refractivity contribution in [3.05, 3.63) is 0 Å². The molecule has 0 aliphatic carbocycles. The summed E-state index contributed by atoms with van der Waals surface area (Å²) in [5.41, 5.74) is -0.404. The Hall–Kier alpha value is -0.180. The summed E-state index contributed by atoms with van der Waals surface area (Å²) in [5, 5.41) is -0.530. The predicted octanol–water partition coefficient (Wildman–Crippen LogP) is 1.85. The van der Waals surface area contributed by atoms with Crippen LogP contribution in [0.3, 0.4) is 0 Å². The fraction of sp³-hybridized carbons (Fsp3) is 0.800. The molecule has 0 heterocycles. The molecular weight excluding hydrogens is 124 g/mol. The van der Waals surface area contributed by atoms with E-state index in [1.165, 1.54) is 0 Å². The smallest absolute Gasteiger partial charge is 0.364 e. The quantitative estimate of drug-likeness (QED) is 0.404. The molecule has 0 bridgehead atoms. The highest BCUT2D eigenvalue weighted by molar-refractivity contribution is 7.96. The Morgan fingerprint density at radius 1 is 1.50 bits per heavy atom. The zero-order valence-corrected chi connectivity index (χ0v) is 6.16. The molecule has 0 N–H and O–H groups in total. The van der Waals surface area contributed by atoms with Crippen LogP contribution in [0.25, 0.3) is 0 Å². The molecular formula is C5H10O2S. The monoisotopic (exact) mass is 134 g/mol. The predicted molar refractivity (Wildman–Crippen MR) is 35.2 cm³/mol. The van der Waals surface area contributed by atoms with Gasteiger partial charge in [0.2, 0.25) is 0 Å². The lowest BCUT2D eigenvalue weighted by atomic mass is 10.2. The molecule has 0 aliphatic rings. The molecule has 8 heavy (non-hydrogen) atoms. The summed E-state index contributed by atoms with van der Waals surface area (Å²) in [4.78, 5) is 10.1. The van der Waals surface area contributed by atoms with Crippen molar-refractivity contribution >= 4 is 17.9 Å². The molecule has 0 radical (unpaired) electrons. The van der Waals surface area contributed by atoms with Crippen LogP contribution in [-0.2, 0) is 4.74 Å². The van der Waals surface area contributed by atoms with E-state index in [1.807, 2.05) is 0 Å². The minimum absolute atomic E-state index is 0.404. The first kappa shape index (κ1) is 7.82. The Kier molecular flexibility index (Phi) is 2.34. The van der Waals surface area contributed by atoms with Gasteiger partial charge in [-0.2, -0.15) is 0 Å². The van der Waals surface area contributed by atoms with Gasteiger partial charge in [-0.05, 0) is 20.8 Å². The van der Waals surface area contributed by atoms with Crippen LogP contribution in [0, 0.1) is 0 Å². The maximum atomic E-state index is 10.1. The van der Waals surface area contributed by atoms with E-state index in [2.05, 4.69) is 17.4 Å². The van der Waals surface area contributed by atoms with Crippen LogP contribution in [0.15, 0.2) is 0 Å². The molecule has 48 valence electrons. The maximum Gasteiger partial charge on any atom is 0.364 e. The summed E-state index contributed by atoms with van der Waals surface area (Å²) in [5.74, 6) is 0. The number of carbonyl (C=O) groups excluding carboxylic acids is 1. The lowest BCUT2D eigenvalue weighted by molar-refractivity contribution is 0.0742. The van der Waals surface area contributed by atoms with Crippen LogP contribution in [0.4, 0.5) is 4.79 Å². The number of ether oxygens (including phenoxy) is 1. The topological polar surface area (TPSA) is 26.3 Å². The third kappa shape index (κ3) is 5.82. The number of hydrogen-bond donors (Lipinski definition) is 1. The Morgan fingerprint density at radius 3 is 1.88 bits per heavy atom. The maximum absolute atomic E-state index is 10.1. The molecule has 0 amide bonds. The van der Waals surface area contributed by atoms with Crippen LogP contribution in [0.2, 0.25) is 0 Å². The highest BCUT2D eigenvalue weighted by Gasteiger charge is 2.12. The second kappa shape index (κ2) is 2.40. The van der Waals surface area contributed by atoms with Crippen LogP contribution in [-0.4, -0.2) is 10.9 Å². The second-order valence-electron chi connectivity index (χ2n) is 2.48. The molecule has 2 nitrogen and oxygen atoms in total. The van der Waals surface area contributed by atoms with Crippen LogP contribution >= 0.6 is 12.6 Å². The van der Waals surface area contributed by atoms with Crippen molar-refractivity contribution in [2.45, 2.75) is 26.4 Å². The first-order valence-corrected chi connectivity index (χ1v) is 2.78. The first-order valence-electron chi connectivity index (χ1n) is 2.34. The largest absolute Gasteiger partial charge is 0.452 e. The summed E-state index contributed by atoms with van der Waals surface area (Å²) in [6.07, 6.45) is 0. The number of carbonyl (C=O) groups is 1. The molecule has 0 aromatic heterocycles. The summed E-state index contributed by atoms with van der Waals surface area (Å²) < 4.78 is 4.66. The van der Waals surface area contributed by atoms with E-state index in [4.69, 9.17) is 0 Å². The van der Waals surface area contributed by atoms with Crippen molar-refractivity contribution in [1.29, 1.82) is 0 Å². The van der Waals surface area contributed by atoms with E-state index < -0.39 is 10.9 Å². The standard InChI is InChI=1S/C5H10O2S/c1-5(2,3)7-4(6)8/h1-3H3,(H,6,8). The molecule has 0 unspecified atom stereocenters. The first-order chi connectivity index (χ1) is 3.42. The van der Waals surface area contributed by atoms with Crippen molar-refractivity contribution in [1.82, 2.24) is 0 Å². The average molecular weight is 134 g/mol. The second-order valence-corrected chi connectivity index (χ2v) is 2.85. The Labute approximate surface area is 54.6 Å². The zero-order valence-electron chi connectivity index (χ0n) is 5.26. The van der Waals surface area contributed by atoms with Crippen LogP contribution < -0.4 is 0 Å². The Bertz CT molecular complexity index is 93.1. The molecule has 0 spiro atoms. The van der Waals surface area contributed by atoms with Crippen molar-refractivity contribution in [2.24, 2.45) is 0 Å². The van der Waals surface area contributed by atoms with Gasteiger partial charge >= 0.3 is 5.30 Å². The lowest BCUT2D eigenvalue weighted by Crippen LogP contribution is -2.20. The summed E-state index contributed by atoms with van der Waals surface area (Å²) in [6, 6.07) is 0. The molecule has 0 aromatic carbocycles. The van der Waals surface area contributed by atoms with E-state index in [0.717, 1.165) is 0 Å². The third-order valence-corrected chi connectivity index (χ3v) is 0.485. The van der Waals surface area contributed by atoms with E-state index in [-0.39, 0.29) is 0 Å². The molecule has 0 fully saturated rings. The number of hydrogen-bond acceptors (Lipinski definition) is 2. The summed E-state index contributed by atoms with van der Waals surface area (Å²) in [6.45, 7) is 5.38. The minimum Gasteiger partial charge on any atom is -0.452 e. The number of rotatable bonds is 0. The normalized spacial score (nSPS) is 11.0. The van der Waals surface area contributed by atoms with Gasteiger partial charge < -0.3 is 4.74 Å². The SMILES string of the molecule is CC(C)(C)OC(=O)S. The highest BCUT2D eigenvalue weighted by Crippen LogP contribution is 2.08. The average Bonchev–Trinajstić information content (AvgIpc) is 1.21. The highest BCUT2D eigenvalue weighted by atomic mass is 32.1. The van der Waals surface area contributed by atoms with Gasteiger partial charge in [0, 0.05) is 0 Å². The van der Waals surface area contributed by atoms with Crippen LogP contribution in [0.1, 0.15) is 20.8 Å². The summed E-state index contributed by atoms with van der Waals surface area (Å²) in [7, 11) is 0. The van der Waals surface area contributed by atoms with E-state index >= 15 is 0 Å². The van der Waals surface area contributed by atoms with Gasteiger partial charge in [-0.15, -0.1) is 0 Å². The zero-order chi connectivity index (χ0) is 6.78. The third-order valence-electron chi connectivity index (χ3n) is 0.393. The van der Waals surface area contributed by atoms with Gasteiger partial charge in [-0.1, -0.05) is 12.6 Å². The molecule has 0 saturated carbocycles. The van der Waals surface area contributed by atoms with Gasteiger partial charge in [0.1, 0.15) is 5.60 Å². The van der Waals surface area contributed by atoms with Gasteiger partial charge in [0.15, 0.2) is 0 Å². The van der Waals surface area contributed by atoms with Crippen molar-refractivity contribution in [3.8, 4) is 0 Å². The van der Waals surface area contributed by atoms with E-state index in [9.17, 15) is 4.79 Å². The fourth-order valence-corrected chi connectivity index (χ4v) is 0.536. The molecule has 3 heteroatoms. The van der Waals surface area contributed by atoms with E-state index in [1.54, 1.807) is 20.8 Å². The van der Waals surface area contributed by atoms with Crippen LogP contribution in [0.5, 0.6) is 0 Å². The minimum atomic E-state index is -0.530. The molecule has 0 aromatic rings. The number of thiol groups is 1. The summed E-state index contributed by atoms with van der Waals surface area (Å²) >= 11 is 3.43.